The third-order valence-corrected chi connectivity index (χ3v) is 3.12. The van der Waals surface area contributed by atoms with Crippen LogP contribution in [0, 0.1) is 0 Å². The first kappa shape index (κ1) is 11.7. The lowest BCUT2D eigenvalue weighted by atomic mass is 10.2. The maximum atomic E-state index is 5.29. The SMILES string of the molecule is CCOCCNC(CC)c1cccs1. The molecule has 3 heteroatoms. The summed E-state index contributed by atoms with van der Waals surface area (Å²) in [5.41, 5.74) is 0. The maximum absolute atomic E-state index is 5.29. The fourth-order valence-corrected chi connectivity index (χ4v) is 2.27. The van der Waals surface area contributed by atoms with Crippen LogP contribution in [0.3, 0.4) is 0 Å². The lowest BCUT2D eigenvalue weighted by Crippen LogP contribution is -2.24. The molecule has 80 valence electrons. The van der Waals surface area contributed by atoms with Gasteiger partial charge in [0, 0.05) is 24.1 Å². The fraction of sp³-hybridized carbons (Fsp3) is 0.636. The highest BCUT2D eigenvalue weighted by Crippen LogP contribution is 2.21. The summed E-state index contributed by atoms with van der Waals surface area (Å²) in [6.45, 7) is 6.77. The summed E-state index contributed by atoms with van der Waals surface area (Å²) in [6.07, 6.45) is 1.13. The highest BCUT2D eigenvalue weighted by Gasteiger charge is 2.08. The molecule has 1 unspecified atom stereocenters. The lowest BCUT2D eigenvalue weighted by molar-refractivity contribution is 0.146. The molecular weight excluding hydrogens is 194 g/mol. The molecule has 0 fully saturated rings. The van der Waals surface area contributed by atoms with Crippen molar-refractivity contribution in [2.75, 3.05) is 19.8 Å². The predicted octanol–water partition coefficient (Wildman–Crippen LogP) is 2.83. The van der Waals surface area contributed by atoms with E-state index in [0.717, 1.165) is 26.2 Å². The molecule has 14 heavy (non-hydrogen) atoms. The van der Waals surface area contributed by atoms with Crippen molar-refractivity contribution < 1.29 is 4.74 Å². The van der Waals surface area contributed by atoms with Gasteiger partial charge in [0.05, 0.1) is 6.61 Å². The third kappa shape index (κ3) is 3.78. The number of hydrogen-bond donors (Lipinski definition) is 1. The average molecular weight is 213 g/mol. The number of hydrogen-bond acceptors (Lipinski definition) is 3. The van der Waals surface area contributed by atoms with Gasteiger partial charge in [0.25, 0.3) is 0 Å². The first-order chi connectivity index (χ1) is 6.88. The van der Waals surface area contributed by atoms with Crippen LogP contribution in [-0.2, 0) is 4.74 Å². The Morgan fingerprint density at radius 1 is 1.50 bits per heavy atom. The molecule has 1 aromatic heterocycles. The van der Waals surface area contributed by atoms with E-state index in [9.17, 15) is 0 Å². The van der Waals surface area contributed by atoms with Gasteiger partial charge in [-0.15, -0.1) is 11.3 Å². The predicted molar refractivity (Wildman–Crippen MR) is 61.8 cm³/mol. The van der Waals surface area contributed by atoms with E-state index in [4.69, 9.17) is 4.74 Å². The molecule has 0 radical (unpaired) electrons. The zero-order valence-corrected chi connectivity index (χ0v) is 9.77. The zero-order valence-electron chi connectivity index (χ0n) is 8.95. The second-order valence-corrected chi connectivity index (χ2v) is 4.11. The largest absolute Gasteiger partial charge is 0.380 e. The van der Waals surface area contributed by atoms with Gasteiger partial charge in [-0.05, 0) is 24.8 Å². The van der Waals surface area contributed by atoms with E-state index in [2.05, 4.69) is 29.8 Å². The smallest absolute Gasteiger partial charge is 0.0590 e. The standard InChI is InChI=1S/C11H19NOS/c1-3-10(11-6-5-9-14-11)12-7-8-13-4-2/h5-6,9-10,12H,3-4,7-8H2,1-2H3. The van der Waals surface area contributed by atoms with Crippen LogP contribution < -0.4 is 5.32 Å². The van der Waals surface area contributed by atoms with Gasteiger partial charge in [0.2, 0.25) is 0 Å². The van der Waals surface area contributed by atoms with Crippen molar-refractivity contribution >= 4 is 11.3 Å². The highest BCUT2D eigenvalue weighted by atomic mass is 32.1. The molecule has 1 aromatic rings. The Morgan fingerprint density at radius 2 is 2.36 bits per heavy atom. The molecule has 0 aromatic carbocycles. The van der Waals surface area contributed by atoms with Gasteiger partial charge in [0.1, 0.15) is 0 Å². The Bertz CT molecular complexity index is 223. The molecular formula is C11H19NOS. The van der Waals surface area contributed by atoms with Crippen LogP contribution in [0.15, 0.2) is 17.5 Å². The topological polar surface area (TPSA) is 21.3 Å². The van der Waals surface area contributed by atoms with Crippen LogP contribution in [0.1, 0.15) is 31.2 Å². The number of rotatable bonds is 7. The second kappa shape index (κ2) is 6.98. The van der Waals surface area contributed by atoms with E-state index < -0.39 is 0 Å². The molecule has 2 nitrogen and oxygen atoms in total. The first-order valence-electron chi connectivity index (χ1n) is 5.23. The van der Waals surface area contributed by atoms with Gasteiger partial charge >= 0.3 is 0 Å². The summed E-state index contributed by atoms with van der Waals surface area (Å²) in [5, 5.41) is 5.62. The first-order valence-corrected chi connectivity index (χ1v) is 6.11. The molecule has 1 heterocycles. The molecule has 0 saturated carbocycles. The summed E-state index contributed by atoms with van der Waals surface area (Å²) in [4.78, 5) is 1.42. The zero-order chi connectivity index (χ0) is 10.2. The quantitative estimate of drug-likeness (QED) is 0.703. The summed E-state index contributed by atoms with van der Waals surface area (Å²) in [7, 11) is 0. The van der Waals surface area contributed by atoms with E-state index in [1.165, 1.54) is 4.88 Å². The lowest BCUT2D eigenvalue weighted by Gasteiger charge is -2.15. The minimum Gasteiger partial charge on any atom is -0.380 e. The molecule has 1 N–H and O–H groups in total. The van der Waals surface area contributed by atoms with Crippen LogP contribution in [0.5, 0.6) is 0 Å². The molecule has 1 atom stereocenters. The fourth-order valence-electron chi connectivity index (χ4n) is 1.39. The van der Waals surface area contributed by atoms with Gasteiger partial charge in [-0.3, -0.25) is 0 Å². The third-order valence-electron chi connectivity index (χ3n) is 2.14. The summed E-state index contributed by atoms with van der Waals surface area (Å²) >= 11 is 1.82. The van der Waals surface area contributed by atoms with Crippen molar-refractivity contribution in [2.24, 2.45) is 0 Å². The van der Waals surface area contributed by atoms with Crippen LogP contribution in [-0.4, -0.2) is 19.8 Å². The van der Waals surface area contributed by atoms with E-state index in [1.54, 1.807) is 0 Å². The number of ether oxygens (including phenoxy) is 1. The number of nitrogens with one attached hydrogen (secondary N) is 1. The molecule has 0 amide bonds. The van der Waals surface area contributed by atoms with Crippen molar-refractivity contribution in [1.29, 1.82) is 0 Å². The van der Waals surface area contributed by atoms with Gasteiger partial charge < -0.3 is 10.1 Å². The summed E-state index contributed by atoms with van der Waals surface area (Å²) < 4.78 is 5.29. The van der Waals surface area contributed by atoms with Gasteiger partial charge in [-0.2, -0.15) is 0 Å². The van der Waals surface area contributed by atoms with Crippen molar-refractivity contribution in [3.63, 3.8) is 0 Å². The Hall–Kier alpha value is -0.380. The van der Waals surface area contributed by atoms with E-state index in [-0.39, 0.29) is 0 Å². The molecule has 0 aliphatic carbocycles. The molecule has 0 aliphatic heterocycles. The second-order valence-electron chi connectivity index (χ2n) is 3.13. The maximum Gasteiger partial charge on any atom is 0.0590 e. The van der Waals surface area contributed by atoms with Crippen LogP contribution in [0.4, 0.5) is 0 Å². The summed E-state index contributed by atoms with van der Waals surface area (Å²) in [5.74, 6) is 0. The Labute approximate surface area is 90.3 Å². The number of thiophene rings is 1. The van der Waals surface area contributed by atoms with E-state index >= 15 is 0 Å². The van der Waals surface area contributed by atoms with Crippen LogP contribution in [0.25, 0.3) is 0 Å². The van der Waals surface area contributed by atoms with E-state index in [0.29, 0.717) is 6.04 Å². The van der Waals surface area contributed by atoms with Crippen molar-refractivity contribution in [2.45, 2.75) is 26.3 Å². The monoisotopic (exact) mass is 213 g/mol. The molecule has 0 aliphatic rings. The normalized spacial score (nSPS) is 13.0. The molecule has 1 rings (SSSR count). The molecule has 0 saturated heterocycles. The van der Waals surface area contributed by atoms with Gasteiger partial charge in [0.15, 0.2) is 0 Å². The van der Waals surface area contributed by atoms with Crippen LogP contribution >= 0.6 is 11.3 Å². The Balaban J connectivity index is 2.26. The molecule has 0 bridgehead atoms. The van der Waals surface area contributed by atoms with Crippen LogP contribution in [0.2, 0.25) is 0 Å². The average Bonchev–Trinajstić information content (AvgIpc) is 2.71. The van der Waals surface area contributed by atoms with Crippen molar-refractivity contribution in [1.82, 2.24) is 5.32 Å². The minimum atomic E-state index is 0.496. The van der Waals surface area contributed by atoms with Crippen molar-refractivity contribution in [3.8, 4) is 0 Å². The van der Waals surface area contributed by atoms with E-state index in [1.807, 2.05) is 18.3 Å². The van der Waals surface area contributed by atoms with Gasteiger partial charge in [-0.25, -0.2) is 0 Å². The van der Waals surface area contributed by atoms with Gasteiger partial charge in [-0.1, -0.05) is 13.0 Å². The highest BCUT2D eigenvalue weighted by molar-refractivity contribution is 7.10. The summed E-state index contributed by atoms with van der Waals surface area (Å²) in [6, 6.07) is 4.79. The Kier molecular flexibility index (Phi) is 5.83. The van der Waals surface area contributed by atoms with Crippen molar-refractivity contribution in [3.05, 3.63) is 22.4 Å². The minimum absolute atomic E-state index is 0.496. The Morgan fingerprint density at radius 3 is 2.93 bits per heavy atom. The molecule has 0 spiro atoms.